The van der Waals surface area contributed by atoms with Crippen molar-refractivity contribution in [2.24, 2.45) is 0 Å². The number of sulfone groups is 1. The number of benzene rings is 2. The summed E-state index contributed by atoms with van der Waals surface area (Å²) in [7, 11) is -1.77. The standard InChI is InChI=1S/C22H24N2O4S/c1-16(2)29(27,28)19-12-10-17(11-13-19)15-21(25)24-14-6-8-18-7-4-5-9-20(18)22(26)23-3/h4-5,7,9-13,16H,14-15H2,1-3H3,(H,23,26)(H,24,25). The highest BCUT2D eigenvalue weighted by atomic mass is 32.2. The third kappa shape index (κ3) is 5.93. The second-order valence-corrected chi connectivity index (χ2v) is 9.12. The van der Waals surface area contributed by atoms with Gasteiger partial charge in [0.25, 0.3) is 5.91 Å². The summed E-state index contributed by atoms with van der Waals surface area (Å²) in [5, 5.41) is 4.76. The molecule has 2 N–H and O–H groups in total. The van der Waals surface area contributed by atoms with E-state index in [4.69, 9.17) is 0 Å². The van der Waals surface area contributed by atoms with Crippen molar-refractivity contribution in [2.75, 3.05) is 13.6 Å². The quantitative estimate of drug-likeness (QED) is 0.710. The van der Waals surface area contributed by atoms with Gasteiger partial charge in [0.15, 0.2) is 9.84 Å². The molecular weight excluding hydrogens is 388 g/mol. The number of amides is 2. The highest BCUT2D eigenvalue weighted by molar-refractivity contribution is 7.92. The van der Waals surface area contributed by atoms with Gasteiger partial charge in [-0.25, -0.2) is 8.42 Å². The number of hydrogen-bond acceptors (Lipinski definition) is 4. The van der Waals surface area contributed by atoms with Crippen molar-refractivity contribution >= 4 is 21.7 Å². The zero-order chi connectivity index (χ0) is 21.4. The molecule has 0 fully saturated rings. The Hall–Kier alpha value is -3.11. The van der Waals surface area contributed by atoms with Crippen molar-refractivity contribution in [3.8, 4) is 11.8 Å². The van der Waals surface area contributed by atoms with Gasteiger partial charge >= 0.3 is 0 Å². The van der Waals surface area contributed by atoms with Crippen LogP contribution in [-0.4, -0.2) is 39.1 Å². The van der Waals surface area contributed by atoms with Crippen LogP contribution in [0.2, 0.25) is 0 Å². The van der Waals surface area contributed by atoms with Crippen LogP contribution in [0, 0.1) is 11.8 Å². The van der Waals surface area contributed by atoms with E-state index in [9.17, 15) is 18.0 Å². The summed E-state index contributed by atoms with van der Waals surface area (Å²) in [6.07, 6.45) is 0.124. The molecule has 0 bridgehead atoms. The zero-order valence-electron chi connectivity index (χ0n) is 16.7. The number of hydrogen-bond donors (Lipinski definition) is 2. The molecule has 0 aliphatic carbocycles. The van der Waals surface area contributed by atoms with Crippen molar-refractivity contribution in [1.29, 1.82) is 0 Å². The first-order chi connectivity index (χ1) is 13.8. The van der Waals surface area contributed by atoms with Crippen molar-refractivity contribution in [2.45, 2.75) is 30.4 Å². The van der Waals surface area contributed by atoms with E-state index in [0.29, 0.717) is 16.7 Å². The minimum absolute atomic E-state index is 0.124. The predicted octanol–water partition coefficient (Wildman–Crippen LogP) is 1.94. The Bertz CT molecular complexity index is 1050. The molecule has 0 aromatic heterocycles. The van der Waals surface area contributed by atoms with Gasteiger partial charge in [0.2, 0.25) is 5.91 Å². The molecule has 6 nitrogen and oxygen atoms in total. The van der Waals surface area contributed by atoms with Crippen LogP contribution < -0.4 is 10.6 Å². The summed E-state index contributed by atoms with van der Waals surface area (Å²) in [5.41, 5.74) is 1.77. The fourth-order valence-corrected chi connectivity index (χ4v) is 3.58. The van der Waals surface area contributed by atoms with Crippen LogP contribution >= 0.6 is 0 Å². The monoisotopic (exact) mass is 412 g/mol. The summed E-state index contributed by atoms with van der Waals surface area (Å²) in [4.78, 5) is 24.1. The smallest absolute Gasteiger partial charge is 0.252 e. The van der Waals surface area contributed by atoms with Crippen LogP contribution in [0.5, 0.6) is 0 Å². The van der Waals surface area contributed by atoms with Gasteiger partial charge in [0.1, 0.15) is 0 Å². The summed E-state index contributed by atoms with van der Waals surface area (Å²) < 4.78 is 24.2. The Kier molecular flexibility index (Phi) is 7.57. The summed E-state index contributed by atoms with van der Waals surface area (Å²) >= 11 is 0. The molecule has 7 heteroatoms. The molecular formula is C22H24N2O4S. The van der Waals surface area contributed by atoms with Crippen LogP contribution in [0.25, 0.3) is 0 Å². The minimum atomic E-state index is -3.33. The van der Waals surface area contributed by atoms with E-state index in [2.05, 4.69) is 22.5 Å². The Labute approximate surface area is 171 Å². The highest BCUT2D eigenvalue weighted by Crippen LogP contribution is 2.16. The average molecular weight is 413 g/mol. The van der Waals surface area contributed by atoms with Gasteiger partial charge < -0.3 is 10.6 Å². The lowest BCUT2D eigenvalue weighted by Crippen LogP contribution is -2.25. The lowest BCUT2D eigenvalue weighted by Gasteiger charge is -2.08. The zero-order valence-corrected chi connectivity index (χ0v) is 17.5. The van der Waals surface area contributed by atoms with Crippen LogP contribution in [0.1, 0.15) is 35.3 Å². The van der Waals surface area contributed by atoms with E-state index in [1.165, 1.54) is 12.1 Å². The topological polar surface area (TPSA) is 92.3 Å². The van der Waals surface area contributed by atoms with Gasteiger partial charge in [-0.3, -0.25) is 9.59 Å². The molecule has 0 aliphatic heterocycles. The first-order valence-electron chi connectivity index (χ1n) is 9.15. The van der Waals surface area contributed by atoms with Crippen LogP contribution in [0.15, 0.2) is 53.4 Å². The van der Waals surface area contributed by atoms with E-state index < -0.39 is 15.1 Å². The van der Waals surface area contributed by atoms with Gasteiger partial charge in [-0.05, 0) is 43.7 Å². The van der Waals surface area contributed by atoms with Crippen molar-refractivity contribution < 1.29 is 18.0 Å². The molecule has 2 rings (SSSR count). The van der Waals surface area contributed by atoms with E-state index in [1.54, 1.807) is 57.3 Å². The first kappa shape index (κ1) is 22.2. The molecule has 0 saturated carbocycles. The summed E-state index contributed by atoms with van der Waals surface area (Å²) in [5.74, 6) is 5.28. The molecule has 0 unspecified atom stereocenters. The van der Waals surface area contributed by atoms with Gasteiger partial charge in [-0.2, -0.15) is 0 Å². The van der Waals surface area contributed by atoms with Gasteiger partial charge in [-0.1, -0.05) is 36.1 Å². The molecule has 0 saturated heterocycles. The third-order valence-electron chi connectivity index (χ3n) is 4.23. The second-order valence-electron chi connectivity index (χ2n) is 6.62. The number of rotatable bonds is 6. The molecule has 2 aromatic carbocycles. The van der Waals surface area contributed by atoms with Crippen molar-refractivity contribution in [1.82, 2.24) is 10.6 Å². The Morgan fingerprint density at radius 2 is 1.69 bits per heavy atom. The number of carbonyl (C=O) groups excluding carboxylic acids is 2. The Balaban J connectivity index is 1.94. The molecule has 2 amide bonds. The van der Waals surface area contributed by atoms with Crippen LogP contribution in [-0.2, 0) is 21.1 Å². The predicted molar refractivity (Wildman–Crippen MR) is 112 cm³/mol. The molecule has 29 heavy (non-hydrogen) atoms. The number of carbonyl (C=O) groups is 2. The molecule has 0 heterocycles. The Morgan fingerprint density at radius 1 is 1.03 bits per heavy atom. The minimum Gasteiger partial charge on any atom is -0.355 e. The molecule has 0 atom stereocenters. The lowest BCUT2D eigenvalue weighted by molar-refractivity contribution is -0.120. The SMILES string of the molecule is CNC(=O)c1ccccc1C#CCNC(=O)Cc1ccc(S(=O)(=O)C(C)C)cc1. The fraction of sp³-hybridized carbons (Fsp3) is 0.273. The normalized spacial score (nSPS) is 10.8. The van der Waals surface area contributed by atoms with Crippen molar-refractivity contribution in [3.63, 3.8) is 0 Å². The fourth-order valence-electron chi connectivity index (χ4n) is 2.52. The number of nitrogens with one attached hydrogen (secondary N) is 2. The first-order valence-corrected chi connectivity index (χ1v) is 10.7. The molecule has 2 aromatic rings. The van der Waals surface area contributed by atoms with E-state index >= 15 is 0 Å². The van der Waals surface area contributed by atoms with Crippen LogP contribution in [0.4, 0.5) is 0 Å². The van der Waals surface area contributed by atoms with E-state index in [1.807, 2.05) is 0 Å². The molecule has 0 spiro atoms. The maximum Gasteiger partial charge on any atom is 0.252 e. The lowest BCUT2D eigenvalue weighted by atomic mass is 10.1. The molecule has 152 valence electrons. The molecule has 0 aliphatic rings. The Morgan fingerprint density at radius 3 is 2.31 bits per heavy atom. The highest BCUT2D eigenvalue weighted by Gasteiger charge is 2.18. The maximum atomic E-state index is 12.1. The van der Waals surface area contributed by atoms with Crippen molar-refractivity contribution in [3.05, 3.63) is 65.2 Å². The van der Waals surface area contributed by atoms with Gasteiger partial charge in [0, 0.05) is 12.6 Å². The average Bonchev–Trinajstić information content (AvgIpc) is 2.71. The molecule has 0 radical (unpaired) electrons. The van der Waals surface area contributed by atoms with Gasteiger partial charge in [0.05, 0.1) is 28.7 Å². The maximum absolute atomic E-state index is 12.1. The third-order valence-corrected chi connectivity index (χ3v) is 6.40. The second kappa shape index (κ2) is 9.89. The summed E-state index contributed by atoms with van der Waals surface area (Å²) in [6.45, 7) is 3.40. The van der Waals surface area contributed by atoms with Gasteiger partial charge in [-0.15, -0.1) is 0 Å². The van der Waals surface area contributed by atoms with Crippen LogP contribution in [0.3, 0.4) is 0 Å². The van der Waals surface area contributed by atoms with E-state index in [0.717, 1.165) is 0 Å². The largest absolute Gasteiger partial charge is 0.355 e. The summed E-state index contributed by atoms with van der Waals surface area (Å²) in [6, 6.07) is 13.3. The van der Waals surface area contributed by atoms with E-state index in [-0.39, 0.29) is 29.7 Å².